The lowest BCUT2D eigenvalue weighted by Gasteiger charge is -2.31. The molecule has 1 heterocycles. The highest BCUT2D eigenvalue weighted by atomic mass is 35.5. The van der Waals surface area contributed by atoms with E-state index in [1.54, 1.807) is 6.08 Å². The molecule has 0 aromatic carbocycles. The standard InChI is InChI=1S/C13H24N2O2.ClH/c1-2-9-17-10-3-4-13(16)15-7-5-12(11-14)6-8-15;/h2,12H,1,3-11,14H2;1H. The molecule has 1 saturated heterocycles. The molecule has 0 bridgehead atoms. The van der Waals surface area contributed by atoms with Crippen LogP contribution < -0.4 is 5.73 Å². The van der Waals surface area contributed by atoms with Gasteiger partial charge in [0.25, 0.3) is 0 Å². The SMILES string of the molecule is C=CCOCCCC(=O)N1CCC(CN)CC1.Cl. The Morgan fingerprint density at radius 1 is 1.44 bits per heavy atom. The van der Waals surface area contributed by atoms with E-state index < -0.39 is 0 Å². The molecule has 1 amide bonds. The number of hydrogen-bond acceptors (Lipinski definition) is 3. The van der Waals surface area contributed by atoms with Crippen LogP contribution in [-0.4, -0.2) is 43.7 Å². The van der Waals surface area contributed by atoms with E-state index >= 15 is 0 Å². The normalized spacial score (nSPS) is 16.2. The van der Waals surface area contributed by atoms with Crippen LogP contribution in [0.15, 0.2) is 12.7 Å². The van der Waals surface area contributed by atoms with Crippen LogP contribution in [0.25, 0.3) is 0 Å². The molecule has 0 aromatic heterocycles. The molecule has 0 radical (unpaired) electrons. The minimum atomic E-state index is 0. The van der Waals surface area contributed by atoms with E-state index in [4.69, 9.17) is 10.5 Å². The van der Waals surface area contributed by atoms with Gasteiger partial charge in [-0.15, -0.1) is 19.0 Å². The summed E-state index contributed by atoms with van der Waals surface area (Å²) in [7, 11) is 0. The largest absolute Gasteiger partial charge is 0.377 e. The molecular formula is C13H25ClN2O2. The summed E-state index contributed by atoms with van der Waals surface area (Å²) >= 11 is 0. The van der Waals surface area contributed by atoms with Crippen molar-refractivity contribution in [3.63, 3.8) is 0 Å². The Hall–Kier alpha value is -0.580. The van der Waals surface area contributed by atoms with Gasteiger partial charge in [-0.1, -0.05) is 6.08 Å². The first-order valence-electron chi connectivity index (χ1n) is 6.44. The van der Waals surface area contributed by atoms with Gasteiger partial charge in [0.15, 0.2) is 0 Å². The summed E-state index contributed by atoms with van der Waals surface area (Å²) in [4.78, 5) is 13.8. The van der Waals surface area contributed by atoms with Crippen molar-refractivity contribution in [3.8, 4) is 0 Å². The quantitative estimate of drug-likeness (QED) is 0.567. The molecule has 18 heavy (non-hydrogen) atoms. The van der Waals surface area contributed by atoms with Crippen LogP contribution in [0, 0.1) is 5.92 Å². The first-order chi connectivity index (χ1) is 8.27. The van der Waals surface area contributed by atoms with E-state index in [1.807, 2.05) is 4.90 Å². The monoisotopic (exact) mass is 276 g/mol. The number of ether oxygens (including phenoxy) is 1. The second kappa shape index (κ2) is 10.4. The number of nitrogens with two attached hydrogens (primary N) is 1. The highest BCUT2D eigenvalue weighted by molar-refractivity contribution is 5.85. The molecule has 1 aliphatic heterocycles. The zero-order chi connectivity index (χ0) is 12.5. The average molecular weight is 277 g/mol. The van der Waals surface area contributed by atoms with Gasteiger partial charge in [0.05, 0.1) is 6.61 Å². The Kier molecular flexibility index (Phi) is 10.0. The molecule has 0 aliphatic carbocycles. The van der Waals surface area contributed by atoms with Crippen molar-refractivity contribution >= 4 is 18.3 Å². The molecule has 5 heteroatoms. The van der Waals surface area contributed by atoms with Crippen LogP contribution in [0.5, 0.6) is 0 Å². The number of likely N-dealkylation sites (tertiary alicyclic amines) is 1. The Morgan fingerprint density at radius 3 is 2.67 bits per heavy atom. The lowest BCUT2D eigenvalue weighted by Crippen LogP contribution is -2.40. The van der Waals surface area contributed by atoms with Crippen molar-refractivity contribution in [2.75, 3.05) is 32.8 Å². The number of carbonyl (C=O) groups excluding carboxylic acids is 1. The molecule has 4 nitrogen and oxygen atoms in total. The number of carbonyl (C=O) groups is 1. The highest BCUT2D eigenvalue weighted by Crippen LogP contribution is 2.16. The molecule has 0 atom stereocenters. The van der Waals surface area contributed by atoms with Crippen molar-refractivity contribution in [1.29, 1.82) is 0 Å². The predicted octanol–water partition coefficient (Wildman–Crippen LogP) is 1.59. The smallest absolute Gasteiger partial charge is 0.222 e. The van der Waals surface area contributed by atoms with Gasteiger partial charge in [-0.2, -0.15) is 0 Å². The van der Waals surface area contributed by atoms with Crippen LogP contribution in [0.2, 0.25) is 0 Å². The summed E-state index contributed by atoms with van der Waals surface area (Å²) < 4.78 is 5.25. The molecule has 1 rings (SSSR count). The maximum Gasteiger partial charge on any atom is 0.222 e. The van der Waals surface area contributed by atoms with Gasteiger partial charge >= 0.3 is 0 Å². The lowest BCUT2D eigenvalue weighted by molar-refractivity contribution is -0.132. The molecule has 106 valence electrons. The van der Waals surface area contributed by atoms with Crippen LogP contribution >= 0.6 is 12.4 Å². The minimum absolute atomic E-state index is 0. The first-order valence-corrected chi connectivity index (χ1v) is 6.44. The minimum Gasteiger partial charge on any atom is -0.377 e. The first kappa shape index (κ1) is 17.4. The van der Waals surface area contributed by atoms with E-state index in [0.717, 1.165) is 38.9 Å². The summed E-state index contributed by atoms with van der Waals surface area (Å²) in [5.74, 6) is 0.859. The third kappa shape index (κ3) is 6.38. The molecule has 0 saturated carbocycles. The van der Waals surface area contributed by atoms with Gasteiger partial charge in [0, 0.05) is 26.1 Å². The number of nitrogens with zero attached hydrogens (tertiary/aromatic N) is 1. The molecule has 2 N–H and O–H groups in total. The van der Waals surface area contributed by atoms with E-state index in [-0.39, 0.29) is 18.3 Å². The van der Waals surface area contributed by atoms with Crippen LogP contribution in [0.1, 0.15) is 25.7 Å². The van der Waals surface area contributed by atoms with E-state index in [9.17, 15) is 4.79 Å². The highest BCUT2D eigenvalue weighted by Gasteiger charge is 2.21. The maximum absolute atomic E-state index is 11.8. The molecule has 1 fully saturated rings. The summed E-state index contributed by atoms with van der Waals surface area (Å²) in [6.07, 6.45) is 5.21. The summed E-state index contributed by atoms with van der Waals surface area (Å²) in [5, 5.41) is 0. The number of halogens is 1. The maximum atomic E-state index is 11.8. The van der Waals surface area contributed by atoms with E-state index in [0.29, 0.717) is 25.6 Å². The summed E-state index contributed by atoms with van der Waals surface area (Å²) in [5.41, 5.74) is 5.62. The van der Waals surface area contributed by atoms with E-state index in [2.05, 4.69) is 6.58 Å². The van der Waals surface area contributed by atoms with Crippen molar-refractivity contribution < 1.29 is 9.53 Å². The number of amides is 1. The topological polar surface area (TPSA) is 55.6 Å². The molecule has 0 aromatic rings. The second-order valence-electron chi connectivity index (χ2n) is 4.53. The lowest BCUT2D eigenvalue weighted by atomic mass is 9.97. The Labute approximate surface area is 116 Å². The molecule has 1 aliphatic rings. The van der Waals surface area contributed by atoms with Crippen LogP contribution in [0.3, 0.4) is 0 Å². The van der Waals surface area contributed by atoms with Gasteiger partial charge in [-0.3, -0.25) is 4.79 Å². The van der Waals surface area contributed by atoms with Gasteiger partial charge in [-0.25, -0.2) is 0 Å². The molecule has 0 unspecified atom stereocenters. The number of piperidine rings is 1. The summed E-state index contributed by atoms with van der Waals surface area (Å²) in [6.45, 7) is 7.26. The fraction of sp³-hybridized carbons (Fsp3) is 0.769. The Bertz CT molecular complexity index is 241. The van der Waals surface area contributed by atoms with Gasteiger partial charge in [-0.05, 0) is 31.7 Å². The Balaban J connectivity index is 0.00000289. The van der Waals surface area contributed by atoms with Crippen LogP contribution in [-0.2, 0) is 9.53 Å². The van der Waals surface area contributed by atoms with Gasteiger partial charge in [0.1, 0.15) is 0 Å². The number of hydrogen-bond donors (Lipinski definition) is 1. The zero-order valence-corrected chi connectivity index (χ0v) is 11.8. The van der Waals surface area contributed by atoms with Crippen molar-refractivity contribution in [2.24, 2.45) is 11.7 Å². The fourth-order valence-electron chi connectivity index (χ4n) is 2.07. The second-order valence-corrected chi connectivity index (χ2v) is 4.53. The van der Waals surface area contributed by atoms with Gasteiger partial charge < -0.3 is 15.4 Å². The zero-order valence-electron chi connectivity index (χ0n) is 11.0. The van der Waals surface area contributed by atoms with Crippen LogP contribution in [0.4, 0.5) is 0 Å². The van der Waals surface area contributed by atoms with Gasteiger partial charge in [0.2, 0.25) is 5.91 Å². The van der Waals surface area contributed by atoms with E-state index in [1.165, 1.54) is 0 Å². The third-order valence-electron chi connectivity index (χ3n) is 3.22. The van der Waals surface area contributed by atoms with Crippen molar-refractivity contribution in [2.45, 2.75) is 25.7 Å². The third-order valence-corrected chi connectivity index (χ3v) is 3.22. The number of rotatable bonds is 7. The fourth-order valence-corrected chi connectivity index (χ4v) is 2.07. The summed E-state index contributed by atoms with van der Waals surface area (Å²) in [6, 6.07) is 0. The van der Waals surface area contributed by atoms with Crippen molar-refractivity contribution in [3.05, 3.63) is 12.7 Å². The Morgan fingerprint density at radius 2 is 2.11 bits per heavy atom. The molecule has 0 spiro atoms. The molecular weight excluding hydrogens is 252 g/mol. The predicted molar refractivity (Wildman–Crippen MR) is 75.9 cm³/mol. The average Bonchev–Trinajstić information content (AvgIpc) is 2.38. The van der Waals surface area contributed by atoms with Crippen molar-refractivity contribution in [1.82, 2.24) is 4.90 Å².